The summed E-state index contributed by atoms with van der Waals surface area (Å²) in [6, 6.07) is 3.57. The average Bonchev–Trinajstić information content (AvgIpc) is 2.53. The van der Waals surface area contributed by atoms with Crippen LogP contribution in [0.4, 0.5) is 0 Å². The molecule has 3 heteroatoms. The van der Waals surface area contributed by atoms with Gasteiger partial charge in [0, 0.05) is 6.42 Å². The largest absolute Gasteiger partial charge is 0.489 e. The van der Waals surface area contributed by atoms with Gasteiger partial charge in [-0.3, -0.25) is 0 Å². The first-order chi connectivity index (χ1) is 10.1. The standard InChI is InChI=1S/C18H36O2Si/c1-7-13-14-15-18(20-17(8-2)9-3)16-19-21(10-4,11-5)12-6/h8,14-15,18H,7,9-13,16H2,1-6H3/b15-14-,17-8+/t18-/m0/s1. The molecule has 0 N–H and O–H groups in total. The average molecular weight is 313 g/mol. The van der Waals surface area contributed by atoms with Gasteiger partial charge in [0.15, 0.2) is 8.32 Å². The number of hydrogen-bond donors (Lipinski definition) is 0. The zero-order valence-corrected chi connectivity index (χ0v) is 16.1. The Morgan fingerprint density at radius 2 is 1.67 bits per heavy atom. The third kappa shape index (κ3) is 7.87. The van der Waals surface area contributed by atoms with Crippen LogP contribution in [-0.4, -0.2) is 21.0 Å². The predicted molar refractivity (Wildman–Crippen MR) is 96.1 cm³/mol. The van der Waals surface area contributed by atoms with E-state index in [1.165, 1.54) is 24.6 Å². The normalized spacial score (nSPS) is 14.7. The van der Waals surface area contributed by atoms with Gasteiger partial charge in [0.1, 0.15) is 6.10 Å². The lowest BCUT2D eigenvalue weighted by atomic mass is 10.2. The van der Waals surface area contributed by atoms with Crippen molar-refractivity contribution in [2.75, 3.05) is 6.61 Å². The molecule has 0 aliphatic heterocycles. The summed E-state index contributed by atoms with van der Waals surface area (Å²) in [6.07, 6.45) is 9.74. The van der Waals surface area contributed by atoms with E-state index in [1.54, 1.807) is 0 Å². The van der Waals surface area contributed by atoms with Gasteiger partial charge in [0.2, 0.25) is 0 Å². The van der Waals surface area contributed by atoms with E-state index in [-0.39, 0.29) is 6.10 Å². The molecule has 2 nitrogen and oxygen atoms in total. The number of ether oxygens (including phenoxy) is 1. The highest BCUT2D eigenvalue weighted by molar-refractivity contribution is 6.73. The molecule has 0 aromatic rings. The number of hydrogen-bond acceptors (Lipinski definition) is 2. The van der Waals surface area contributed by atoms with Crippen LogP contribution < -0.4 is 0 Å². The van der Waals surface area contributed by atoms with Crippen molar-refractivity contribution < 1.29 is 9.16 Å². The fraction of sp³-hybridized carbons (Fsp3) is 0.778. The summed E-state index contributed by atoms with van der Waals surface area (Å²) in [4.78, 5) is 0. The highest BCUT2D eigenvalue weighted by Crippen LogP contribution is 2.22. The maximum absolute atomic E-state index is 6.40. The van der Waals surface area contributed by atoms with E-state index in [0.29, 0.717) is 6.61 Å². The maximum atomic E-state index is 6.40. The molecule has 0 aliphatic rings. The maximum Gasteiger partial charge on any atom is 0.192 e. The molecule has 0 amide bonds. The molecule has 0 unspecified atom stereocenters. The van der Waals surface area contributed by atoms with Crippen LogP contribution in [0.15, 0.2) is 24.0 Å². The molecule has 0 aromatic heterocycles. The molecule has 0 spiro atoms. The Morgan fingerprint density at radius 1 is 1.05 bits per heavy atom. The Balaban J connectivity index is 4.73. The predicted octanol–water partition coefficient (Wildman–Crippen LogP) is 6.06. The van der Waals surface area contributed by atoms with Crippen molar-refractivity contribution in [2.45, 2.75) is 85.0 Å². The van der Waals surface area contributed by atoms with Crippen LogP contribution in [0.25, 0.3) is 0 Å². The van der Waals surface area contributed by atoms with E-state index >= 15 is 0 Å². The van der Waals surface area contributed by atoms with Gasteiger partial charge in [-0.05, 0) is 43.6 Å². The Morgan fingerprint density at radius 3 is 2.10 bits per heavy atom. The van der Waals surface area contributed by atoms with Gasteiger partial charge >= 0.3 is 0 Å². The molecule has 0 saturated carbocycles. The van der Waals surface area contributed by atoms with Gasteiger partial charge in [-0.2, -0.15) is 0 Å². The Bertz CT molecular complexity index is 298. The minimum absolute atomic E-state index is 0.0548. The first-order valence-corrected chi connectivity index (χ1v) is 11.3. The van der Waals surface area contributed by atoms with Gasteiger partial charge in [-0.1, -0.05) is 47.1 Å². The van der Waals surface area contributed by atoms with E-state index in [1.807, 2.05) is 6.92 Å². The quantitative estimate of drug-likeness (QED) is 0.247. The van der Waals surface area contributed by atoms with E-state index < -0.39 is 8.32 Å². The summed E-state index contributed by atoms with van der Waals surface area (Å²) in [6.45, 7) is 13.9. The van der Waals surface area contributed by atoms with Crippen molar-refractivity contribution in [1.29, 1.82) is 0 Å². The van der Waals surface area contributed by atoms with E-state index in [9.17, 15) is 0 Å². The summed E-state index contributed by atoms with van der Waals surface area (Å²) in [7, 11) is -1.53. The molecule has 21 heavy (non-hydrogen) atoms. The van der Waals surface area contributed by atoms with Crippen molar-refractivity contribution in [2.24, 2.45) is 0 Å². The minimum Gasteiger partial charge on any atom is -0.489 e. The molecule has 1 atom stereocenters. The highest BCUT2D eigenvalue weighted by atomic mass is 28.4. The molecule has 0 fully saturated rings. The molecule has 0 bridgehead atoms. The van der Waals surface area contributed by atoms with E-state index in [2.05, 4.69) is 52.8 Å². The van der Waals surface area contributed by atoms with Crippen LogP contribution in [0.1, 0.15) is 60.8 Å². The summed E-state index contributed by atoms with van der Waals surface area (Å²) in [5.41, 5.74) is 0. The van der Waals surface area contributed by atoms with Crippen molar-refractivity contribution in [3.8, 4) is 0 Å². The monoisotopic (exact) mass is 312 g/mol. The van der Waals surface area contributed by atoms with Crippen LogP contribution in [0.2, 0.25) is 18.1 Å². The fourth-order valence-corrected chi connectivity index (χ4v) is 5.04. The van der Waals surface area contributed by atoms with E-state index in [4.69, 9.17) is 9.16 Å². The number of allylic oxidation sites excluding steroid dienone is 3. The Kier molecular flexibility index (Phi) is 11.7. The lowest BCUT2D eigenvalue weighted by Gasteiger charge is -2.30. The molecule has 0 aromatic carbocycles. The number of rotatable bonds is 12. The first kappa shape index (κ1) is 20.5. The summed E-state index contributed by atoms with van der Waals surface area (Å²) < 4.78 is 12.5. The Hall–Kier alpha value is -0.543. The molecule has 0 heterocycles. The van der Waals surface area contributed by atoms with Gasteiger partial charge in [0.05, 0.1) is 12.4 Å². The topological polar surface area (TPSA) is 18.5 Å². The van der Waals surface area contributed by atoms with Gasteiger partial charge < -0.3 is 9.16 Å². The Labute approximate surface area is 133 Å². The van der Waals surface area contributed by atoms with Crippen molar-refractivity contribution in [3.05, 3.63) is 24.0 Å². The second-order valence-corrected chi connectivity index (χ2v) is 10.3. The van der Waals surface area contributed by atoms with Crippen molar-refractivity contribution >= 4 is 8.32 Å². The second kappa shape index (κ2) is 12.0. The van der Waals surface area contributed by atoms with Crippen LogP contribution in [0, 0.1) is 0 Å². The van der Waals surface area contributed by atoms with Gasteiger partial charge in [0.25, 0.3) is 0 Å². The van der Waals surface area contributed by atoms with Crippen LogP contribution in [-0.2, 0) is 9.16 Å². The SMILES string of the molecule is C/C=C(\CC)O[C@@H](/C=C\CCC)CO[Si](CC)(CC)CC. The summed E-state index contributed by atoms with van der Waals surface area (Å²) in [5, 5.41) is 0. The summed E-state index contributed by atoms with van der Waals surface area (Å²) >= 11 is 0. The van der Waals surface area contributed by atoms with Gasteiger partial charge in [-0.15, -0.1) is 0 Å². The fourth-order valence-electron chi connectivity index (χ4n) is 2.41. The molecule has 0 radical (unpaired) electrons. The van der Waals surface area contributed by atoms with E-state index in [0.717, 1.165) is 18.6 Å². The first-order valence-electron chi connectivity index (χ1n) is 8.73. The van der Waals surface area contributed by atoms with Crippen LogP contribution in [0.3, 0.4) is 0 Å². The third-order valence-corrected chi connectivity index (χ3v) is 8.91. The highest BCUT2D eigenvalue weighted by Gasteiger charge is 2.29. The second-order valence-electron chi connectivity index (χ2n) is 5.54. The molecular formula is C18H36O2Si. The molecule has 0 rings (SSSR count). The van der Waals surface area contributed by atoms with Crippen LogP contribution in [0.5, 0.6) is 0 Å². The minimum atomic E-state index is -1.53. The number of unbranched alkanes of at least 4 members (excludes halogenated alkanes) is 1. The molecule has 124 valence electrons. The molecule has 0 aliphatic carbocycles. The zero-order valence-electron chi connectivity index (χ0n) is 15.1. The van der Waals surface area contributed by atoms with Crippen molar-refractivity contribution in [1.82, 2.24) is 0 Å². The van der Waals surface area contributed by atoms with Crippen LogP contribution >= 0.6 is 0 Å². The molecule has 0 saturated heterocycles. The third-order valence-electron chi connectivity index (χ3n) is 4.27. The zero-order chi connectivity index (χ0) is 16.1. The van der Waals surface area contributed by atoms with Crippen molar-refractivity contribution in [3.63, 3.8) is 0 Å². The van der Waals surface area contributed by atoms with Gasteiger partial charge in [-0.25, -0.2) is 0 Å². The molecular weight excluding hydrogens is 276 g/mol. The lowest BCUT2D eigenvalue weighted by Crippen LogP contribution is -2.38. The summed E-state index contributed by atoms with van der Waals surface area (Å²) in [5.74, 6) is 1.06. The lowest BCUT2D eigenvalue weighted by molar-refractivity contribution is 0.0927. The smallest absolute Gasteiger partial charge is 0.192 e.